The lowest BCUT2D eigenvalue weighted by atomic mass is 9.99. The number of hydrogen-bond donors (Lipinski definition) is 3. The average molecular weight is 392 g/mol. The number of rotatable bonds is 8. The van der Waals surface area contributed by atoms with E-state index in [-0.39, 0.29) is 28.6 Å². The van der Waals surface area contributed by atoms with Crippen LogP contribution in [0.25, 0.3) is 6.08 Å². The van der Waals surface area contributed by atoms with Crippen molar-refractivity contribution in [1.82, 2.24) is 0 Å². The van der Waals surface area contributed by atoms with E-state index in [0.29, 0.717) is 18.4 Å². The molecule has 0 unspecified atom stereocenters. The van der Waals surface area contributed by atoms with Crippen molar-refractivity contribution in [2.24, 2.45) is 0 Å². The van der Waals surface area contributed by atoms with Crippen LogP contribution < -0.4 is 0 Å². The van der Waals surface area contributed by atoms with E-state index in [4.69, 9.17) is 0 Å². The topological polar surface area (TPSA) is 77.8 Å². The minimum Gasteiger partial charge on any atom is -0.508 e. The van der Waals surface area contributed by atoms with Crippen LogP contribution in [-0.2, 0) is 6.42 Å². The molecule has 0 bridgehead atoms. The maximum atomic E-state index is 12.5. The highest BCUT2D eigenvalue weighted by atomic mass is 16.3. The van der Waals surface area contributed by atoms with Crippen molar-refractivity contribution in [3.63, 3.8) is 0 Å². The third kappa shape index (κ3) is 6.68. The molecule has 0 aliphatic rings. The first-order valence-electron chi connectivity index (χ1n) is 9.62. The van der Waals surface area contributed by atoms with E-state index in [1.165, 1.54) is 41.5 Å². The van der Waals surface area contributed by atoms with E-state index < -0.39 is 0 Å². The lowest BCUT2D eigenvalue weighted by Crippen LogP contribution is -1.98. The number of aromatic hydroxyl groups is 3. The summed E-state index contributed by atoms with van der Waals surface area (Å²) in [5.41, 5.74) is 3.76. The van der Waals surface area contributed by atoms with Gasteiger partial charge >= 0.3 is 0 Å². The quantitative estimate of drug-likeness (QED) is 0.295. The third-order valence-corrected chi connectivity index (χ3v) is 4.56. The van der Waals surface area contributed by atoms with E-state index in [1.807, 2.05) is 6.92 Å². The SMILES string of the molecule is CC(C)=CC/C(C)=C/CCc1c(O)ccc(C(=O)/C=C/c2ccc(O)cc2)c1O. The molecule has 0 aliphatic carbocycles. The van der Waals surface area contributed by atoms with E-state index >= 15 is 0 Å². The molecule has 0 aliphatic heterocycles. The molecular weight excluding hydrogens is 364 g/mol. The van der Waals surface area contributed by atoms with Gasteiger partial charge in [0.05, 0.1) is 5.56 Å². The molecule has 2 aromatic rings. The van der Waals surface area contributed by atoms with Gasteiger partial charge < -0.3 is 15.3 Å². The highest BCUT2D eigenvalue weighted by molar-refractivity contribution is 6.09. The second-order valence-electron chi connectivity index (χ2n) is 7.32. The Morgan fingerprint density at radius 1 is 0.931 bits per heavy atom. The fraction of sp³-hybridized carbons (Fsp3) is 0.240. The van der Waals surface area contributed by atoms with Crippen LogP contribution in [-0.4, -0.2) is 21.1 Å². The highest BCUT2D eigenvalue weighted by Crippen LogP contribution is 2.32. The Kier molecular flexibility index (Phi) is 7.84. The zero-order valence-electron chi connectivity index (χ0n) is 17.1. The number of hydrogen-bond acceptors (Lipinski definition) is 4. The van der Waals surface area contributed by atoms with Gasteiger partial charge in [-0.05, 0) is 75.9 Å². The van der Waals surface area contributed by atoms with Crippen molar-refractivity contribution in [1.29, 1.82) is 0 Å². The maximum Gasteiger partial charge on any atom is 0.189 e. The molecule has 0 atom stereocenters. The van der Waals surface area contributed by atoms with E-state index in [0.717, 1.165) is 12.0 Å². The Hall–Kier alpha value is -3.27. The number of phenols is 3. The van der Waals surface area contributed by atoms with E-state index in [1.54, 1.807) is 18.2 Å². The zero-order valence-corrected chi connectivity index (χ0v) is 17.1. The summed E-state index contributed by atoms with van der Waals surface area (Å²) in [4.78, 5) is 12.5. The van der Waals surface area contributed by atoms with Gasteiger partial charge in [-0.3, -0.25) is 4.79 Å². The van der Waals surface area contributed by atoms with Crippen LogP contribution in [0.2, 0.25) is 0 Å². The minimum absolute atomic E-state index is 0.0167. The Bertz CT molecular complexity index is 944. The molecule has 4 nitrogen and oxygen atoms in total. The second-order valence-corrected chi connectivity index (χ2v) is 7.32. The number of carbonyl (C=O) groups is 1. The van der Waals surface area contributed by atoms with Crippen molar-refractivity contribution < 1.29 is 20.1 Å². The first-order chi connectivity index (χ1) is 13.8. The van der Waals surface area contributed by atoms with Crippen molar-refractivity contribution in [3.05, 3.63) is 82.5 Å². The number of ketones is 1. The van der Waals surface area contributed by atoms with Gasteiger partial charge in [0.1, 0.15) is 17.2 Å². The zero-order chi connectivity index (χ0) is 21.4. The highest BCUT2D eigenvalue weighted by Gasteiger charge is 2.15. The van der Waals surface area contributed by atoms with Crippen LogP contribution in [0.5, 0.6) is 17.2 Å². The standard InChI is InChI=1S/C25H28O4/c1-17(2)7-8-18(3)5-4-6-21-24(28)16-14-22(25(21)29)23(27)15-11-19-9-12-20(26)13-10-19/h5,7,9-16,26,28-29H,4,6,8H2,1-3H3/b15-11+,18-5+. The third-order valence-electron chi connectivity index (χ3n) is 4.56. The normalized spacial score (nSPS) is 11.6. The van der Waals surface area contributed by atoms with Gasteiger partial charge in [-0.15, -0.1) is 0 Å². The predicted molar refractivity (Wildman–Crippen MR) is 117 cm³/mol. The van der Waals surface area contributed by atoms with Crippen LogP contribution in [0.4, 0.5) is 0 Å². The lowest BCUT2D eigenvalue weighted by molar-refractivity contribution is 0.104. The van der Waals surface area contributed by atoms with Crippen LogP contribution in [0.15, 0.2) is 65.8 Å². The van der Waals surface area contributed by atoms with Crippen LogP contribution in [0, 0.1) is 0 Å². The molecule has 4 heteroatoms. The first kappa shape index (κ1) is 22.0. The molecule has 0 spiro atoms. The van der Waals surface area contributed by atoms with E-state index in [2.05, 4.69) is 26.0 Å². The van der Waals surface area contributed by atoms with Gasteiger partial charge in [0.2, 0.25) is 0 Å². The lowest BCUT2D eigenvalue weighted by Gasteiger charge is -2.10. The van der Waals surface area contributed by atoms with Crippen LogP contribution in [0.3, 0.4) is 0 Å². The summed E-state index contributed by atoms with van der Waals surface area (Å²) < 4.78 is 0. The Balaban J connectivity index is 2.13. The Labute approximate surface area is 172 Å². The van der Waals surface area contributed by atoms with Gasteiger partial charge in [0.15, 0.2) is 5.78 Å². The number of phenolic OH excluding ortho intramolecular Hbond substituents is 3. The second kappa shape index (κ2) is 10.3. The van der Waals surface area contributed by atoms with Gasteiger partial charge in [0.25, 0.3) is 0 Å². The molecule has 0 saturated heterocycles. The molecule has 0 aromatic heterocycles. The smallest absolute Gasteiger partial charge is 0.189 e. The summed E-state index contributed by atoms with van der Waals surface area (Å²) in [6.45, 7) is 6.16. The van der Waals surface area contributed by atoms with Gasteiger partial charge in [0, 0.05) is 5.56 Å². The Morgan fingerprint density at radius 2 is 1.62 bits per heavy atom. The van der Waals surface area contributed by atoms with Crippen molar-refractivity contribution in [2.75, 3.05) is 0 Å². The molecule has 0 fully saturated rings. The summed E-state index contributed by atoms with van der Waals surface area (Å²) >= 11 is 0. The maximum absolute atomic E-state index is 12.5. The summed E-state index contributed by atoms with van der Waals surface area (Å²) in [5, 5.41) is 30.0. The number of allylic oxidation sites excluding steroid dienone is 5. The molecule has 2 aromatic carbocycles. The summed E-state index contributed by atoms with van der Waals surface area (Å²) in [5.74, 6) is -0.399. The van der Waals surface area contributed by atoms with Crippen LogP contribution >= 0.6 is 0 Å². The summed E-state index contributed by atoms with van der Waals surface area (Å²) in [6.07, 6.45) is 9.19. The molecule has 152 valence electrons. The molecule has 29 heavy (non-hydrogen) atoms. The van der Waals surface area contributed by atoms with Gasteiger partial charge in [-0.25, -0.2) is 0 Å². The Morgan fingerprint density at radius 3 is 2.28 bits per heavy atom. The fourth-order valence-electron chi connectivity index (χ4n) is 2.83. The largest absolute Gasteiger partial charge is 0.508 e. The fourth-order valence-corrected chi connectivity index (χ4v) is 2.83. The number of benzene rings is 2. The predicted octanol–water partition coefficient (Wildman–Crippen LogP) is 5.93. The number of carbonyl (C=O) groups excluding carboxylic acids is 1. The van der Waals surface area contributed by atoms with Gasteiger partial charge in [-0.2, -0.15) is 0 Å². The molecule has 0 radical (unpaired) electrons. The molecule has 0 saturated carbocycles. The van der Waals surface area contributed by atoms with Crippen molar-refractivity contribution in [2.45, 2.75) is 40.0 Å². The molecule has 2 rings (SSSR count). The summed E-state index contributed by atoms with van der Waals surface area (Å²) in [7, 11) is 0. The molecular formula is C25H28O4. The monoisotopic (exact) mass is 392 g/mol. The molecule has 0 amide bonds. The minimum atomic E-state index is -0.355. The average Bonchev–Trinajstić information content (AvgIpc) is 2.68. The van der Waals surface area contributed by atoms with Crippen molar-refractivity contribution >= 4 is 11.9 Å². The van der Waals surface area contributed by atoms with E-state index in [9.17, 15) is 20.1 Å². The first-order valence-corrected chi connectivity index (χ1v) is 9.62. The molecule has 0 heterocycles. The van der Waals surface area contributed by atoms with Crippen LogP contribution in [0.1, 0.15) is 55.1 Å². The van der Waals surface area contributed by atoms with Crippen molar-refractivity contribution in [3.8, 4) is 17.2 Å². The molecule has 3 N–H and O–H groups in total. The van der Waals surface area contributed by atoms with Gasteiger partial charge in [-0.1, -0.05) is 41.5 Å². The summed E-state index contributed by atoms with van der Waals surface area (Å²) in [6, 6.07) is 9.31.